The maximum atomic E-state index is 13.9. The monoisotopic (exact) mass is 402 g/mol. The lowest BCUT2D eigenvalue weighted by atomic mass is 10.1. The molecule has 0 fully saturated rings. The summed E-state index contributed by atoms with van der Waals surface area (Å²) in [7, 11) is 1.58. The highest BCUT2D eigenvalue weighted by molar-refractivity contribution is 7.12. The lowest BCUT2D eigenvalue weighted by Gasteiger charge is -2.18. The number of benzene rings is 2. The van der Waals surface area contributed by atoms with Gasteiger partial charge in [-0.15, -0.1) is 11.3 Å². The van der Waals surface area contributed by atoms with Gasteiger partial charge in [0, 0.05) is 35.4 Å². The van der Waals surface area contributed by atoms with Gasteiger partial charge in [-0.25, -0.2) is 4.39 Å². The van der Waals surface area contributed by atoms with Crippen molar-refractivity contribution in [3.8, 4) is 0 Å². The number of hydrogen-bond donors (Lipinski definition) is 1. The van der Waals surface area contributed by atoms with Crippen LogP contribution < -0.4 is 5.32 Å². The molecule has 0 aliphatic carbocycles. The molecule has 1 heterocycles. The molecule has 2 amide bonds. The number of hydrogen-bond acceptors (Lipinski definition) is 3. The van der Waals surface area contributed by atoms with E-state index in [2.05, 4.69) is 5.32 Å². The summed E-state index contributed by atoms with van der Waals surface area (Å²) < 4.78 is 13.9. The average molecular weight is 403 g/mol. The smallest absolute Gasteiger partial charge is 0.265 e. The van der Waals surface area contributed by atoms with Crippen molar-refractivity contribution >= 4 is 40.4 Å². The van der Waals surface area contributed by atoms with Gasteiger partial charge >= 0.3 is 0 Å². The summed E-state index contributed by atoms with van der Waals surface area (Å²) in [5.74, 6) is -0.922. The first-order chi connectivity index (χ1) is 13.0. The van der Waals surface area contributed by atoms with Gasteiger partial charge in [-0.2, -0.15) is 0 Å². The lowest BCUT2D eigenvalue weighted by Crippen LogP contribution is -2.26. The van der Waals surface area contributed by atoms with E-state index in [1.54, 1.807) is 49.5 Å². The van der Waals surface area contributed by atoms with Gasteiger partial charge in [-0.1, -0.05) is 23.7 Å². The molecule has 1 aromatic heterocycles. The Hall–Kier alpha value is -2.70. The summed E-state index contributed by atoms with van der Waals surface area (Å²) in [6.07, 6.45) is 0. The van der Waals surface area contributed by atoms with E-state index < -0.39 is 5.82 Å². The highest BCUT2D eigenvalue weighted by atomic mass is 35.5. The van der Waals surface area contributed by atoms with Crippen molar-refractivity contribution in [3.05, 3.63) is 86.8 Å². The van der Waals surface area contributed by atoms with E-state index in [0.717, 1.165) is 0 Å². The Morgan fingerprint density at radius 1 is 1.11 bits per heavy atom. The number of anilines is 1. The van der Waals surface area contributed by atoms with Crippen molar-refractivity contribution in [1.82, 2.24) is 4.90 Å². The molecule has 2 aromatic carbocycles. The fourth-order valence-electron chi connectivity index (χ4n) is 2.51. The van der Waals surface area contributed by atoms with Crippen LogP contribution in [0, 0.1) is 5.82 Å². The van der Waals surface area contributed by atoms with Gasteiger partial charge in [0.1, 0.15) is 5.82 Å². The SMILES string of the molecule is CN(Cc1c(F)cccc1Cl)C(=O)c1ccc(NC(=O)c2cccs2)cc1. The molecule has 0 radical (unpaired) electrons. The van der Waals surface area contributed by atoms with Crippen molar-refractivity contribution in [2.75, 3.05) is 12.4 Å². The molecule has 0 bridgehead atoms. The van der Waals surface area contributed by atoms with E-state index in [0.29, 0.717) is 16.1 Å². The second-order valence-electron chi connectivity index (χ2n) is 5.87. The number of halogens is 2. The second kappa shape index (κ2) is 8.33. The minimum atomic E-state index is -0.450. The highest BCUT2D eigenvalue weighted by Crippen LogP contribution is 2.21. The van der Waals surface area contributed by atoms with E-state index >= 15 is 0 Å². The largest absolute Gasteiger partial charge is 0.337 e. The van der Waals surface area contributed by atoms with Crippen molar-refractivity contribution in [3.63, 3.8) is 0 Å². The van der Waals surface area contributed by atoms with Gasteiger partial charge in [-0.05, 0) is 47.8 Å². The van der Waals surface area contributed by atoms with Gasteiger partial charge in [0.25, 0.3) is 11.8 Å². The van der Waals surface area contributed by atoms with Crippen LogP contribution in [0.15, 0.2) is 60.0 Å². The minimum absolute atomic E-state index is 0.0568. The molecule has 3 aromatic rings. The van der Waals surface area contributed by atoms with Crippen LogP contribution in [0.5, 0.6) is 0 Å². The summed E-state index contributed by atoms with van der Waals surface area (Å²) >= 11 is 7.37. The number of rotatable bonds is 5. The van der Waals surface area contributed by atoms with Gasteiger partial charge in [-0.3, -0.25) is 9.59 Å². The van der Waals surface area contributed by atoms with Gasteiger partial charge in [0.15, 0.2) is 0 Å². The molecule has 1 N–H and O–H groups in total. The maximum Gasteiger partial charge on any atom is 0.265 e. The summed E-state index contributed by atoms with van der Waals surface area (Å²) in [5.41, 5.74) is 1.29. The first-order valence-corrected chi connectivity index (χ1v) is 9.34. The predicted octanol–water partition coefficient (Wildman–Crippen LogP) is 5.07. The molecule has 0 aliphatic heterocycles. The third-order valence-electron chi connectivity index (χ3n) is 3.94. The van der Waals surface area contributed by atoms with Crippen molar-refractivity contribution in [1.29, 1.82) is 0 Å². The summed E-state index contributed by atoms with van der Waals surface area (Å²) in [6.45, 7) is 0.0568. The normalized spacial score (nSPS) is 10.5. The van der Waals surface area contributed by atoms with E-state index in [-0.39, 0.29) is 28.9 Å². The quantitative estimate of drug-likeness (QED) is 0.648. The van der Waals surface area contributed by atoms with Crippen LogP contribution >= 0.6 is 22.9 Å². The molecule has 27 heavy (non-hydrogen) atoms. The van der Waals surface area contributed by atoms with Gasteiger partial charge in [0.05, 0.1) is 4.88 Å². The van der Waals surface area contributed by atoms with Gasteiger partial charge < -0.3 is 10.2 Å². The van der Waals surface area contributed by atoms with Crippen LogP contribution in [-0.4, -0.2) is 23.8 Å². The molecule has 0 saturated carbocycles. The van der Waals surface area contributed by atoms with Crippen LogP contribution in [-0.2, 0) is 6.54 Å². The number of thiophene rings is 1. The van der Waals surface area contributed by atoms with Crippen molar-refractivity contribution in [2.24, 2.45) is 0 Å². The number of nitrogens with zero attached hydrogens (tertiary/aromatic N) is 1. The molecular formula is C20H16ClFN2O2S. The number of carbonyl (C=O) groups is 2. The molecule has 7 heteroatoms. The standard InChI is InChI=1S/C20H16ClFN2O2S/c1-24(12-15-16(21)4-2-5-17(15)22)20(26)13-7-9-14(10-8-13)23-19(25)18-6-3-11-27-18/h2-11H,12H2,1H3,(H,23,25). The molecule has 0 unspecified atom stereocenters. The van der Waals surface area contributed by atoms with Crippen LogP contribution in [0.25, 0.3) is 0 Å². The summed E-state index contributed by atoms with van der Waals surface area (Å²) in [6, 6.07) is 14.5. The topological polar surface area (TPSA) is 49.4 Å². The Bertz CT molecular complexity index is 938. The molecule has 0 atom stereocenters. The fourth-order valence-corrected chi connectivity index (χ4v) is 3.35. The second-order valence-corrected chi connectivity index (χ2v) is 7.23. The maximum absolute atomic E-state index is 13.9. The molecule has 0 spiro atoms. The van der Waals surface area contributed by atoms with E-state index in [4.69, 9.17) is 11.6 Å². The molecule has 0 saturated heterocycles. The first kappa shape index (κ1) is 19.1. The minimum Gasteiger partial charge on any atom is -0.337 e. The molecule has 0 aliphatic rings. The van der Waals surface area contributed by atoms with Crippen LogP contribution in [0.2, 0.25) is 5.02 Å². The number of amides is 2. The Kier molecular flexibility index (Phi) is 5.88. The lowest BCUT2D eigenvalue weighted by molar-refractivity contribution is 0.0784. The first-order valence-electron chi connectivity index (χ1n) is 8.09. The van der Waals surface area contributed by atoms with Gasteiger partial charge in [0.2, 0.25) is 0 Å². The molecule has 4 nitrogen and oxygen atoms in total. The third kappa shape index (κ3) is 4.53. The van der Waals surface area contributed by atoms with E-state index in [1.807, 2.05) is 5.38 Å². The number of nitrogens with one attached hydrogen (secondary N) is 1. The summed E-state index contributed by atoms with van der Waals surface area (Å²) in [5, 5.41) is 4.88. The van der Waals surface area contributed by atoms with Crippen LogP contribution in [0.4, 0.5) is 10.1 Å². The fraction of sp³-hybridized carbons (Fsp3) is 0.100. The highest BCUT2D eigenvalue weighted by Gasteiger charge is 2.16. The Morgan fingerprint density at radius 3 is 2.48 bits per heavy atom. The Morgan fingerprint density at radius 2 is 1.85 bits per heavy atom. The number of carbonyl (C=O) groups excluding carboxylic acids is 2. The van der Waals surface area contributed by atoms with Crippen LogP contribution in [0.3, 0.4) is 0 Å². The summed E-state index contributed by atoms with van der Waals surface area (Å²) in [4.78, 5) is 26.6. The Labute approximate surface area is 165 Å². The molecule has 138 valence electrons. The molecule has 3 rings (SSSR count). The Balaban J connectivity index is 1.67. The van der Waals surface area contributed by atoms with E-state index in [9.17, 15) is 14.0 Å². The predicted molar refractivity (Wildman–Crippen MR) is 106 cm³/mol. The zero-order valence-corrected chi connectivity index (χ0v) is 16.0. The van der Waals surface area contributed by atoms with E-state index in [1.165, 1.54) is 28.4 Å². The zero-order valence-electron chi connectivity index (χ0n) is 14.4. The van der Waals surface area contributed by atoms with Crippen molar-refractivity contribution in [2.45, 2.75) is 6.54 Å². The third-order valence-corrected chi connectivity index (χ3v) is 5.16. The van der Waals surface area contributed by atoms with Crippen LogP contribution in [0.1, 0.15) is 25.6 Å². The molecular weight excluding hydrogens is 387 g/mol. The van der Waals surface area contributed by atoms with Crippen molar-refractivity contribution < 1.29 is 14.0 Å². The zero-order chi connectivity index (χ0) is 19.4. The average Bonchev–Trinajstić information content (AvgIpc) is 3.19.